The number of hydrogen-bond donors (Lipinski definition) is 1. The molecule has 1 N–H and O–H groups in total. The molecule has 5 heteroatoms. The molecule has 0 saturated carbocycles. The molecule has 1 rings (SSSR count). The molecule has 0 atom stereocenters. The van der Waals surface area contributed by atoms with Crippen molar-refractivity contribution >= 4 is 0 Å². The van der Waals surface area contributed by atoms with Gasteiger partial charge in [-0.2, -0.15) is 5.26 Å². The molecule has 1 aromatic rings. The summed E-state index contributed by atoms with van der Waals surface area (Å²) in [6, 6.07) is 9.97. The second kappa shape index (κ2) is 19.7. The predicted molar refractivity (Wildman–Crippen MR) is 94.6 cm³/mol. The van der Waals surface area contributed by atoms with Crippen LogP contribution in [0.25, 0.3) is 0 Å². The zero-order chi connectivity index (χ0) is 14.8. The molecule has 0 bridgehead atoms. The van der Waals surface area contributed by atoms with E-state index in [1.54, 1.807) is 0 Å². The maximum absolute atomic E-state index is 11.3. The van der Waals surface area contributed by atoms with Crippen LogP contribution in [0.3, 0.4) is 0 Å². The molecular formula is C18H34F2N2Y. The number of benzene rings is 1. The van der Waals surface area contributed by atoms with Crippen molar-refractivity contribution in [3.05, 3.63) is 35.4 Å². The van der Waals surface area contributed by atoms with Crippen molar-refractivity contribution < 1.29 is 41.5 Å². The number of alkyl halides is 2. The van der Waals surface area contributed by atoms with Crippen LogP contribution in [-0.4, -0.2) is 19.0 Å². The van der Waals surface area contributed by atoms with Crippen molar-refractivity contribution in [2.45, 2.75) is 68.4 Å². The third-order valence-electron chi connectivity index (χ3n) is 2.39. The van der Waals surface area contributed by atoms with Crippen LogP contribution in [0, 0.1) is 11.3 Å². The van der Waals surface area contributed by atoms with Crippen LogP contribution in [0.15, 0.2) is 24.3 Å². The molecule has 0 aliphatic rings. The van der Waals surface area contributed by atoms with Crippen LogP contribution in [0.5, 0.6) is 0 Å². The first-order chi connectivity index (χ1) is 8.86. The minimum atomic E-state index is -2.22. The number of nitriles is 1. The number of rotatable bonds is 4. The summed E-state index contributed by atoms with van der Waals surface area (Å²) in [7, 11) is 0. The summed E-state index contributed by atoms with van der Waals surface area (Å²) in [6.07, 6.45) is -2.22. The molecule has 0 aliphatic carbocycles. The fourth-order valence-electron chi connectivity index (χ4n) is 1.27. The molecule has 133 valence electrons. The second-order valence-corrected chi connectivity index (χ2v) is 4.84. The van der Waals surface area contributed by atoms with Crippen molar-refractivity contribution in [2.24, 2.45) is 0 Å². The van der Waals surface area contributed by atoms with Gasteiger partial charge < -0.3 is 5.32 Å². The molecule has 23 heavy (non-hydrogen) atoms. The molecule has 1 radical (unpaired) electrons. The van der Waals surface area contributed by atoms with Gasteiger partial charge in [-0.05, 0) is 23.6 Å². The SMILES string of the molecule is C.C.C.CC(C)NCC(F)F.CC(C)c1ccc(C#N)cc1.[Y]. The second-order valence-electron chi connectivity index (χ2n) is 4.84. The molecular weight excluding hydrogens is 371 g/mol. The first-order valence-electron chi connectivity index (χ1n) is 6.38. The molecule has 0 heterocycles. The van der Waals surface area contributed by atoms with Gasteiger partial charge in [-0.15, -0.1) is 0 Å². The largest absolute Gasteiger partial charge is 0.309 e. The van der Waals surface area contributed by atoms with Gasteiger partial charge in [-0.25, -0.2) is 8.78 Å². The van der Waals surface area contributed by atoms with E-state index < -0.39 is 6.43 Å². The standard InChI is InChI=1S/C10H11N.C5H11F2N.3CH4.Y/c1-8(2)10-5-3-9(7-11)4-6-10;1-4(2)8-3-5(6)7;;;;/h3-6,8H,1-2H3;4-5,8H,3H2,1-2H3;3*1H4;. The fourth-order valence-corrected chi connectivity index (χ4v) is 1.27. The van der Waals surface area contributed by atoms with E-state index in [-0.39, 0.29) is 67.6 Å². The summed E-state index contributed by atoms with van der Waals surface area (Å²) in [5, 5.41) is 11.1. The average molecular weight is 405 g/mol. The van der Waals surface area contributed by atoms with Crippen LogP contribution in [0.1, 0.15) is 67.0 Å². The molecule has 0 spiro atoms. The maximum atomic E-state index is 11.3. The quantitative estimate of drug-likeness (QED) is 0.683. The Labute approximate surface area is 167 Å². The number of nitrogens with zero attached hydrogens (tertiary/aromatic N) is 1. The van der Waals surface area contributed by atoms with Crippen LogP contribution in [-0.2, 0) is 32.7 Å². The van der Waals surface area contributed by atoms with Gasteiger partial charge in [0.2, 0.25) is 0 Å². The van der Waals surface area contributed by atoms with Crippen molar-refractivity contribution in [3.8, 4) is 6.07 Å². The third kappa shape index (κ3) is 19.6. The summed E-state index contributed by atoms with van der Waals surface area (Å²) >= 11 is 0. The normalized spacial score (nSPS) is 8.52. The molecule has 2 nitrogen and oxygen atoms in total. The smallest absolute Gasteiger partial charge is 0.250 e. The van der Waals surface area contributed by atoms with Gasteiger partial charge in [0.15, 0.2) is 0 Å². The van der Waals surface area contributed by atoms with Gasteiger partial charge in [0.05, 0.1) is 18.2 Å². The summed E-state index contributed by atoms with van der Waals surface area (Å²) in [5.74, 6) is 0.544. The molecule has 0 amide bonds. The molecule has 0 aliphatic heterocycles. The Balaban J connectivity index is -0.0000000830. The number of hydrogen-bond acceptors (Lipinski definition) is 2. The molecule has 0 saturated heterocycles. The topological polar surface area (TPSA) is 35.8 Å². The Bertz CT molecular complexity index is 377. The minimum Gasteiger partial charge on any atom is -0.309 e. The molecule has 0 aromatic heterocycles. The summed E-state index contributed by atoms with van der Waals surface area (Å²) in [4.78, 5) is 0. The van der Waals surface area contributed by atoms with Gasteiger partial charge in [-0.1, -0.05) is 62.1 Å². The summed E-state index contributed by atoms with van der Waals surface area (Å²) in [6.45, 7) is 7.76. The van der Waals surface area contributed by atoms with Crippen molar-refractivity contribution in [1.29, 1.82) is 5.26 Å². The van der Waals surface area contributed by atoms with Crippen molar-refractivity contribution in [3.63, 3.8) is 0 Å². The Morgan fingerprint density at radius 3 is 1.65 bits per heavy atom. The van der Waals surface area contributed by atoms with Crippen molar-refractivity contribution in [2.75, 3.05) is 6.54 Å². The fraction of sp³-hybridized carbons (Fsp3) is 0.611. The first kappa shape index (κ1) is 34.1. The number of nitrogens with one attached hydrogen (secondary N) is 1. The van der Waals surface area contributed by atoms with Gasteiger partial charge in [0.25, 0.3) is 6.43 Å². The van der Waals surface area contributed by atoms with Crippen LogP contribution < -0.4 is 5.32 Å². The van der Waals surface area contributed by atoms with Gasteiger partial charge in [-0.3, -0.25) is 0 Å². The number of halogens is 2. The molecule has 1 aromatic carbocycles. The third-order valence-corrected chi connectivity index (χ3v) is 2.39. The van der Waals surface area contributed by atoms with Crippen LogP contribution >= 0.6 is 0 Å². The van der Waals surface area contributed by atoms with E-state index >= 15 is 0 Å². The zero-order valence-electron chi connectivity index (χ0n) is 12.5. The Kier molecular flexibility index (Phi) is 29.1. The van der Waals surface area contributed by atoms with Crippen LogP contribution in [0.4, 0.5) is 8.78 Å². The summed E-state index contributed by atoms with van der Waals surface area (Å²) in [5.41, 5.74) is 2.01. The van der Waals surface area contributed by atoms with E-state index in [9.17, 15) is 8.78 Å². The first-order valence-corrected chi connectivity index (χ1v) is 6.38. The minimum absolute atomic E-state index is 0. The Morgan fingerprint density at radius 1 is 1.00 bits per heavy atom. The van der Waals surface area contributed by atoms with E-state index in [0.29, 0.717) is 5.92 Å². The van der Waals surface area contributed by atoms with E-state index in [1.807, 2.05) is 38.1 Å². The maximum Gasteiger partial charge on any atom is 0.250 e. The monoisotopic (exact) mass is 405 g/mol. The zero-order valence-corrected chi connectivity index (χ0v) is 15.4. The van der Waals surface area contributed by atoms with Gasteiger partial charge >= 0.3 is 0 Å². The van der Waals surface area contributed by atoms with Crippen LogP contribution in [0.2, 0.25) is 0 Å². The van der Waals surface area contributed by atoms with Gasteiger partial charge in [0.1, 0.15) is 0 Å². The van der Waals surface area contributed by atoms with Crippen molar-refractivity contribution in [1.82, 2.24) is 5.32 Å². The van der Waals surface area contributed by atoms with Gasteiger partial charge in [0, 0.05) is 38.8 Å². The van der Waals surface area contributed by atoms with E-state index in [2.05, 4.69) is 25.2 Å². The molecule has 0 unspecified atom stereocenters. The Morgan fingerprint density at radius 2 is 1.43 bits per heavy atom. The van der Waals surface area contributed by atoms with E-state index in [1.165, 1.54) is 5.56 Å². The van der Waals surface area contributed by atoms with E-state index in [0.717, 1.165) is 5.56 Å². The summed E-state index contributed by atoms with van der Waals surface area (Å²) < 4.78 is 22.7. The van der Waals surface area contributed by atoms with E-state index in [4.69, 9.17) is 5.26 Å². The molecule has 0 fully saturated rings. The predicted octanol–water partition coefficient (Wildman–Crippen LogP) is 5.84. The average Bonchev–Trinajstić information content (AvgIpc) is 2.37. The Hall–Kier alpha value is -0.366.